The fraction of sp³-hybridized carbons (Fsp3) is 0.312. The Balaban J connectivity index is 1.79. The second kappa shape index (κ2) is 6.11. The maximum Gasteiger partial charge on any atom is 0.311 e. The highest BCUT2D eigenvalue weighted by Gasteiger charge is 2.42. The van der Waals surface area contributed by atoms with Gasteiger partial charge in [-0.1, -0.05) is 23.2 Å². The Kier molecular flexibility index (Phi) is 4.27. The molecule has 3 rings (SSSR count). The fourth-order valence-corrected chi connectivity index (χ4v) is 2.97. The van der Waals surface area contributed by atoms with Gasteiger partial charge in [-0.15, -0.1) is 0 Å². The van der Waals surface area contributed by atoms with Gasteiger partial charge in [0.05, 0.1) is 21.1 Å². The predicted octanol–water partition coefficient (Wildman–Crippen LogP) is 3.12. The molecule has 0 bridgehead atoms. The average molecular weight is 368 g/mol. The van der Waals surface area contributed by atoms with Crippen LogP contribution in [0.2, 0.25) is 10.0 Å². The highest BCUT2D eigenvalue weighted by molar-refractivity contribution is 6.42. The van der Waals surface area contributed by atoms with Crippen LogP contribution in [0.3, 0.4) is 0 Å². The first-order valence-corrected chi connectivity index (χ1v) is 8.09. The predicted molar refractivity (Wildman–Crippen MR) is 89.8 cm³/mol. The molecule has 1 atom stereocenters. The first-order chi connectivity index (χ1) is 11.3. The van der Waals surface area contributed by atoms with Crippen LogP contribution in [0, 0.1) is 5.41 Å². The van der Waals surface area contributed by atoms with Crippen LogP contribution in [0.4, 0.5) is 0 Å². The summed E-state index contributed by atoms with van der Waals surface area (Å²) in [6, 6.07) is 6.65. The van der Waals surface area contributed by atoms with E-state index in [2.05, 4.69) is 5.10 Å². The average Bonchev–Trinajstić information content (AvgIpc) is 3.17. The Morgan fingerprint density at radius 3 is 2.62 bits per heavy atom. The van der Waals surface area contributed by atoms with Crippen molar-refractivity contribution < 1.29 is 14.7 Å². The van der Waals surface area contributed by atoms with Gasteiger partial charge in [-0.3, -0.25) is 9.59 Å². The molecule has 0 saturated carbocycles. The van der Waals surface area contributed by atoms with Gasteiger partial charge in [0.1, 0.15) is 0 Å². The number of halogens is 2. The number of rotatable bonds is 3. The standard InChI is InChI=1S/C16H15Cl2N3O3/c1-16(15(23)24)5-7-20(9-16)14(22)13-4-6-21(19-13)10-2-3-11(17)12(18)8-10/h2-4,6,8H,5,7,9H2,1H3,(H,23,24). The number of carboxylic acid groups (broad SMARTS) is 1. The largest absolute Gasteiger partial charge is 0.481 e. The third kappa shape index (κ3) is 2.99. The van der Waals surface area contributed by atoms with Crippen molar-refractivity contribution in [1.82, 2.24) is 14.7 Å². The Labute approximate surface area is 148 Å². The lowest BCUT2D eigenvalue weighted by Crippen LogP contribution is -2.35. The van der Waals surface area contributed by atoms with Gasteiger partial charge in [0.15, 0.2) is 5.69 Å². The summed E-state index contributed by atoms with van der Waals surface area (Å²) in [4.78, 5) is 25.4. The molecule has 1 saturated heterocycles. The van der Waals surface area contributed by atoms with E-state index in [1.54, 1.807) is 37.4 Å². The molecule has 1 aliphatic heterocycles. The lowest BCUT2D eigenvalue weighted by molar-refractivity contribution is -0.147. The molecular weight excluding hydrogens is 353 g/mol. The maximum atomic E-state index is 12.5. The van der Waals surface area contributed by atoms with E-state index in [1.807, 2.05) is 0 Å². The van der Waals surface area contributed by atoms with Crippen LogP contribution >= 0.6 is 23.2 Å². The van der Waals surface area contributed by atoms with E-state index in [-0.39, 0.29) is 18.1 Å². The highest BCUT2D eigenvalue weighted by atomic mass is 35.5. The van der Waals surface area contributed by atoms with Crippen LogP contribution in [-0.4, -0.2) is 44.8 Å². The zero-order chi connectivity index (χ0) is 17.5. The molecule has 1 aromatic carbocycles. The fourth-order valence-electron chi connectivity index (χ4n) is 2.68. The van der Waals surface area contributed by atoms with Crippen LogP contribution < -0.4 is 0 Å². The molecule has 1 N–H and O–H groups in total. The van der Waals surface area contributed by atoms with Crippen molar-refractivity contribution in [3.8, 4) is 5.69 Å². The number of carbonyl (C=O) groups excluding carboxylic acids is 1. The molecule has 8 heteroatoms. The minimum atomic E-state index is -0.901. The molecular formula is C16H15Cl2N3O3. The smallest absolute Gasteiger partial charge is 0.311 e. The number of likely N-dealkylation sites (tertiary alicyclic amines) is 1. The molecule has 6 nitrogen and oxygen atoms in total. The molecule has 0 aliphatic carbocycles. The number of aromatic nitrogens is 2. The molecule has 1 fully saturated rings. The van der Waals surface area contributed by atoms with Gasteiger partial charge in [0, 0.05) is 19.3 Å². The van der Waals surface area contributed by atoms with Crippen molar-refractivity contribution in [2.45, 2.75) is 13.3 Å². The SMILES string of the molecule is CC1(C(=O)O)CCN(C(=O)c2ccn(-c3ccc(Cl)c(Cl)c3)n2)C1. The minimum absolute atomic E-state index is 0.181. The third-order valence-electron chi connectivity index (χ3n) is 4.25. The van der Waals surface area contributed by atoms with Crippen LogP contribution in [0.15, 0.2) is 30.5 Å². The Morgan fingerprint density at radius 1 is 1.25 bits per heavy atom. The number of amides is 1. The van der Waals surface area contributed by atoms with Crippen LogP contribution in [0.5, 0.6) is 0 Å². The second-order valence-corrected chi connectivity index (χ2v) is 6.90. The first-order valence-electron chi connectivity index (χ1n) is 7.34. The number of nitrogens with zero attached hydrogens (tertiary/aromatic N) is 3. The zero-order valence-electron chi connectivity index (χ0n) is 12.9. The molecule has 126 valence electrons. The normalized spacial score (nSPS) is 20.4. The summed E-state index contributed by atoms with van der Waals surface area (Å²) in [6.45, 7) is 2.24. The molecule has 0 spiro atoms. The summed E-state index contributed by atoms with van der Waals surface area (Å²) in [6.07, 6.45) is 2.08. The summed E-state index contributed by atoms with van der Waals surface area (Å²) in [5.41, 5.74) is 0.0398. The topological polar surface area (TPSA) is 75.4 Å². The quantitative estimate of drug-likeness (QED) is 0.903. The zero-order valence-corrected chi connectivity index (χ0v) is 14.4. The number of carbonyl (C=O) groups is 2. The van der Waals surface area contributed by atoms with Gasteiger partial charge in [0.2, 0.25) is 0 Å². The molecule has 24 heavy (non-hydrogen) atoms. The molecule has 1 aliphatic rings. The lowest BCUT2D eigenvalue weighted by atomic mass is 9.90. The van der Waals surface area contributed by atoms with Crippen LogP contribution in [-0.2, 0) is 4.79 Å². The van der Waals surface area contributed by atoms with E-state index in [1.165, 1.54) is 9.58 Å². The monoisotopic (exact) mass is 367 g/mol. The van der Waals surface area contributed by atoms with Crippen LogP contribution in [0.25, 0.3) is 5.69 Å². The minimum Gasteiger partial charge on any atom is -0.481 e. The summed E-state index contributed by atoms with van der Waals surface area (Å²) in [7, 11) is 0. The Bertz CT molecular complexity index is 821. The summed E-state index contributed by atoms with van der Waals surface area (Å²) >= 11 is 11.9. The van der Waals surface area contributed by atoms with Crippen molar-refractivity contribution >= 4 is 35.1 Å². The number of benzene rings is 1. The summed E-state index contributed by atoms with van der Waals surface area (Å²) < 4.78 is 1.53. The lowest BCUT2D eigenvalue weighted by Gasteiger charge is -2.19. The van der Waals surface area contributed by atoms with E-state index >= 15 is 0 Å². The molecule has 1 unspecified atom stereocenters. The maximum absolute atomic E-state index is 12.5. The van der Waals surface area contributed by atoms with Gasteiger partial charge >= 0.3 is 5.97 Å². The van der Waals surface area contributed by atoms with Gasteiger partial charge in [0.25, 0.3) is 5.91 Å². The number of carboxylic acids is 1. The van der Waals surface area contributed by atoms with Gasteiger partial charge in [-0.05, 0) is 37.6 Å². The third-order valence-corrected chi connectivity index (χ3v) is 4.99. The molecule has 2 heterocycles. The molecule has 0 radical (unpaired) electrons. The van der Waals surface area contributed by atoms with Crippen molar-refractivity contribution in [3.05, 3.63) is 46.2 Å². The molecule has 2 aromatic rings. The van der Waals surface area contributed by atoms with Crippen molar-refractivity contribution in [2.24, 2.45) is 5.41 Å². The van der Waals surface area contributed by atoms with Crippen molar-refractivity contribution in [1.29, 1.82) is 0 Å². The van der Waals surface area contributed by atoms with Crippen molar-refractivity contribution in [3.63, 3.8) is 0 Å². The van der Waals surface area contributed by atoms with Crippen LogP contribution in [0.1, 0.15) is 23.8 Å². The van der Waals surface area contributed by atoms with Gasteiger partial charge in [-0.25, -0.2) is 4.68 Å². The Morgan fingerprint density at radius 2 is 2.00 bits per heavy atom. The summed E-state index contributed by atoms with van der Waals surface area (Å²) in [5.74, 6) is -1.17. The van der Waals surface area contributed by atoms with Gasteiger partial charge in [-0.2, -0.15) is 5.10 Å². The Hall–Kier alpha value is -2.05. The van der Waals surface area contributed by atoms with E-state index in [4.69, 9.17) is 23.2 Å². The van der Waals surface area contributed by atoms with Crippen molar-refractivity contribution in [2.75, 3.05) is 13.1 Å². The number of hydrogen-bond acceptors (Lipinski definition) is 3. The highest BCUT2D eigenvalue weighted by Crippen LogP contribution is 2.31. The molecule has 1 amide bonds. The molecule has 1 aromatic heterocycles. The first kappa shape index (κ1) is 16.8. The number of aliphatic carboxylic acids is 1. The van der Waals surface area contributed by atoms with E-state index in [0.29, 0.717) is 28.7 Å². The second-order valence-electron chi connectivity index (χ2n) is 6.09. The van der Waals surface area contributed by atoms with Gasteiger partial charge < -0.3 is 10.0 Å². The van der Waals surface area contributed by atoms with E-state index < -0.39 is 11.4 Å². The van der Waals surface area contributed by atoms with E-state index in [9.17, 15) is 14.7 Å². The van der Waals surface area contributed by atoms with E-state index in [0.717, 1.165) is 0 Å². The number of hydrogen-bond donors (Lipinski definition) is 1. The summed E-state index contributed by atoms with van der Waals surface area (Å²) in [5, 5.41) is 14.4.